The molecule has 2 amide bonds. The van der Waals surface area contributed by atoms with Crippen LogP contribution in [0.2, 0.25) is 0 Å². The van der Waals surface area contributed by atoms with Crippen LogP contribution < -0.4 is 5.32 Å². The fraction of sp³-hybridized carbons (Fsp3) is 0.700. The third kappa shape index (κ3) is 5.09. The number of likely N-dealkylation sites (N-methyl/N-ethyl adjacent to an activating group) is 1. The van der Waals surface area contributed by atoms with Crippen molar-refractivity contribution in [2.24, 2.45) is 0 Å². The number of thiophene rings is 1. The zero-order valence-corrected chi connectivity index (χ0v) is 17.3. The van der Waals surface area contributed by atoms with Gasteiger partial charge in [-0.05, 0) is 44.2 Å². The molecule has 0 spiro atoms. The summed E-state index contributed by atoms with van der Waals surface area (Å²) in [5.74, 6) is -0.833. The van der Waals surface area contributed by atoms with Crippen LogP contribution in [0.5, 0.6) is 0 Å². The van der Waals surface area contributed by atoms with Crippen LogP contribution in [0.1, 0.15) is 44.0 Å². The molecule has 150 valence electrons. The van der Waals surface area contributed by atoms with E-state index in [1.165, 1.54) is 4.88 Å². The fourth-order valence-corrected chi connectivity index (χ4v) is 5.11. The van der Waals surface area contributed by atoms with Gasteiger partial charge < -0.3 is 15.1 Å². The van der Waals surface area contributed by atoms with E-state index in [1.807, 2.05) is 6.92 Å². The molecule has 1 aromatic heterocycles. The topological polar surface area (TPSA) is 55.9 Å². The fourth-order valence-electron chi connectivity index (χ4n) is 4.15. The predicted molar refractivity (Wildman–Crippen MR) is 109 cm³/mol. The number of nitrogens with zero attached hydrogens (tertiary/aromatic N) is 3. The Morgan fingerprint density at radius 2 is 1.81 bits per heavy atom. The molecule has 0 aliphatic carbocycles. The predicted octanol–water partition coefficient (Wildman–Crippen LogP) is 1.94. The molecule has 6 nitrogen and oxygen atoms in total. The summed E-state index contributed by atoms with van der Waals surface area (Å²) in [4.78, 5) is 32.9. The van der Waals surface area contributed by atoms with Crippen molar-refractivity contribution in [3.8, 4) is 0 Å². The van der Waals surface area contributed by atoms with Gasteiger partial charge in [0.05, 0.1) is 6.04 Å². The van der Waals surface area contributed by atoms with Crippen molar-refractivity contribution in [3.63, 3.8) is 0 Å². The monoisotopic (exact) mass is 392 g/mol. The molecular formula is C20H32N4O2S. The lowest BCUT2D eigenvalue weighted by Gasteiger charge is -2.41. The van der Waals surface area contributed by atoms with Crippen LogP contribution in [0.4, 0.5) is 0 Å². The first-order valence-corrected chi connectivity index (χ1v) is 11.1. The number of carbonyl (C=O) groups is 2. The van der Waals surface area contributed by atoms with Crippen molar-refractivity contribution < 1.29 is 9.59 Å². The van der Waals surface area contributed by atoms with Crippen LogP contribution >= 0.6 is 11.3 Å². The Kier molecular flexibility index (Phi) is 7.26. The standard InChI is InChI=1S/C20H32N4O2S/c1-3-22-11-13-23(14-12-22)18(17-8-7-15-27-17)16(2)21-19(25)20(26)24-9-5-4-6-10-24/h7-8,15-16,18H,3-6,9-14H2,1-2H3,(H,21,25)/t16-,18-/m0/s1. The Hall–Kier alpha value is -1.44. The molecule has 2 fully saturated rings. The normalized spacial score (nSPS) is 21.6. The van der Waals surface area contributed by atoms with Crippen molar-refractivity contribution in [3.05, 3.63) is 22.4 Å². The van der Waals surface area contributed by atoms with Gasteiger partial charge in [0.15, 0.2) is 0 Å². The Balaban J connectivity index is 1.65. The Bertz CT molecular complexity index is 608. The molecule has 7 heteroatoms. The van der Waals surface area contributed by atoms with Crippen LogP contribution in [0, 0.1) is 0 Å². The molecule has 0 aromatic carbocycles. The van der Waals surface area contributed by atoms with Crippen LogP contribution in [-0.2, 0) is 9.59 Å². The molecule has 1 N–H and O–H groups in total. The lowest BCUT2D eigenvalue weighted by Crippen LogP contribution is -2.54. The summed E-state index contributed by atoms with van der Waals surface area (Å²) >= 11 is 1.72. The van der Waals surface area contributed by atoms with Crippen molar-refractivity contribution >= 4 is 23.2 Å². The van der Waals surface area contributed by atoms with Crippen LogP contribution in [0.15, 0.2) is 17.5 Å². The minimum atomic E-state index is -0.460. The minimum Gasteiger partial charge on any atom is -0.343 e. The van der Waals surface area contributed by atoms with E-state index >= 15 is 0 Å². The van der Waals surface area contributed by atoms with Gasteiger partial charge in [-0.25, -0.2) is 0 Å². The molecule has 1 aromatic rings. The van der Waals surface area contributed by atoms with Crippen molar-refractivity contribution in [2.45, 2.75) is 45.2 Å². The number of carbonyl (C=O) groups excluding carboxylic acids is 2. The summed E-state index contributed by atoms with van der Waals surface area (Å²) in [6, 6.07) is 4.19. The van der Waals surface area contributed by atoms with E-state index in [0.717, 1.165) is 52.0 Å². The van der Waals surface area contributed by atoms with Crippen LogP contribution in [-0.4, -0.2) is 78.4 Å². The number of piperidine rings is 1. The van der Waals surface area contributed by atoms with Gasteiger partial charge in [-0.1, -0.05) is 13.0 Å². The number of nitrogens with one attached hydrogen (secondary N) is 1. The first-order chi connectivity index (χ1) is 13.1. The number of rotatable bonds is 5. The van der Waals surface area contributed by atoms with Gasteiger partial charge in [0, 0.05) is 50.2 Å². The Morgan fingerprint density at radius 3 is 2.41 bits per heavy atom. The third-order valence-corrected chi connectivity index (χ3v) is 6.70. The van der Waals surface area contributed by atoms with E-state index < -0.39 is 5.91 Å². The first kappa shape index (κ1) is 20.3. The largest absolute Gasteiger partial charge is 0.343 e. The van der Waals surface area contributed by atoms with Gasteiger partial charge >= 0.3 is 11.8 Å². The highest BCUT2D eigenvalue weighted by molar-refractivity contribution is 7.10. The van der Waals surface area contributed by atoms with Crippen LogP contribution in [0.3, 0.4) is 0 Å². The molecule has 2 aliphatic rings. The summed E-state index contributed by atoms with van der Waals surface area (Å²) in [7, 11) is 0. The second kappa shape index (κ2) is 9.66. The van der Waals surface area contributed by atoms with E-state index in [4.69, 9.17) is 0 Å². The summed E-state index contributed by atoms with van der Waals surface area (Å²) in [6.07, 6.45) is 3.13. The second-order valence-electron chi connectivity index (χ2n) is 7.55. The number of hydrogen-bond acceptors (Lipinski definition) is 5. The molecule has 0 saturated carbocycles. The molecule has 0 unspecified atom stereocenters. The van der Waals surface area contributed by atoms with Gasteiger partial charge in [0.25, 0.3) is 0 Å². The number of hydrogen-bond donors (Lipinski definition) is 1. The molecule has 2 aliphatic heterocycles. The first-order valence-electron chi connectivity index (χ1n) is 10.2. The molecule has 0 bridgehead atoms. The SMILES string of the molecule is CCN1CCN([C@H](c2cccs2)[C@H](C)NC(=O)C(=O)N2CCCCC2)CC1. The van der Waals surface area contributed by atoms with Crippen molar-refractivity contribution in [1.82, 2.24) is 20.0 Å². The average Bonchev–Trinajstić information content (AvgIpc) is 3.23. The number of amides is 2. The maximum Gasteiger partial charge on any atom is 0.311 e. The number of piperazine rings is 1. The summed E-state index contributed by atoms with van der Waals surface area (Å²) in [6.45, 7) is 10.8. The van der Waals surface area contributed by atoms with E-state index in [2.05, 4.69) is 39.6 Å². The molecule has 2 atom stereocenters. The van der Waals surface area contributed by atoms with Gasteiger partial charge in [-0.15, -0.1) is 11.3 Å². The molecule has 2 saturated heterocycles. The summed E-state index contributed by atoms with van der Waals surface area (Å²) < 4.78 is 0. The highest BCUT2D eigenvalue weighted by Gasteiger charge is 2.32. The minimum absolute atomic E-state index is 0.113. The van der Waals surface area contributed by atoms with Crippen molar-refractivity contribution in [2.75, 3.05) is 45.8 Å². The smallest absolute Gasteiger partial charge is 0.311 e. The molecule has 3 rings (SSSR count). The van der Waals surface area contributed by atoms with Crippen molar-refractivity contribution in [1.29, 1.82) is 0 Å². The molecular weight excluding hydrogens is 360 g/mol. The third-order valence-electron chi connectivity index (χ3n) is 5.75. The van der Waals surface area contributed by atoms with E-state index in [1.54, 1.807) is 16.2 Å². The zero-order chi connectivity index (χ0) is 19.2. The van der Waals surface area contributed by atoms with Gasteiger partial charge in [0.1, 0.15) is 0 Å². The molecule has 0 radical (unpaired) electrons. The second-order valence-corrected chi connectivity index (χ2v) is 8.52. The Labute approximate surface area is 166 Å². The summed E-state index contributed by atoms with van der Waals surface area (Å²) in [5.41, 5.74) is 0. The lowest BCUT2D eigenvalue weighted by atomic mass is 10.0. The zero-order valence-electron chi connectivity index (χ0n) is 16.5. The quantitative estimate of drug-likeness (QED) is 0.778. The van der Waals surface area contributed by atoms with Gasteiger partial charge in [-0.3, -0.25) is 14.5 Å². The average molecular weight is 393 g/mol. The Morgan fingerprint density at radius 1 is 1.11 bits per heavy atom. The highest BCUT2D eigenvalue weighted by atomic mass is 32.1. The molecule has 3 heterocycles. The maximum atomic E-state index is 12.6. The van der Waals surface area contributed by atoms with E-state index in [9.17, 15) is 9.59 Å². The molecule has 27 heavy (non-hydrogen) atoms. The van der Waals surface area contributed by atoms with E-state index in [0.29, 0.717) is 13.1 Å². The van der Waals surface area contributed by atoms with Gasteiger partial charge in [-0.2, -0.15) is 0 Å². The maximum absolute atomic E-state index is 12.6. The highest BCUT2D eigenvalue weighted by Crippen LogP contribution is 2.29. The summed E-state index contributed by atoms with van der Waals surface area (Å²) in [5, 5.41) is 5.09. The van der Waals surface area contributed by atoms with E-state index in [-0.39, 0.29) is 18.0 Å². The number of likely N-dealkylation sites (tertiary alicyclic amines) is 1. The lowest BCUT2D eigenvalue weighted by molar-refractivity contribution is -0.147. The van der Waals surface area contributed by atoms with Gasteiger partial charge in [0.2, 0.25) is 0 Å². The van der Waals surface area contributed by atoms with Crippen LogP contribution in [0.25, 0.3) is 0 Å².